The fourth-order valence-electron chi connectivity index (χ4n) is 4.50. The molecule has 0 amide bonds. The molecule has 1 N–H and O–H groups in total. The number of furan rings is 1. The van der Waals surface area contributed by atoms with E-state index < -0.39 is 29.9 Å². The molecular weight excluding hydrogens is 506 g/mol. The molecule has 2 heterocycles. The highest BCUT2D eigenvalue weighted by Gasteiger charge is 2.44. The van der Waals surface area contributed by atoms with Crippen molar-refractivity contribution in [1.29, 1.82) is 0 Å². The molecule has 1 aromatic heterocycles. The Bertz CT molecular complexity index is 1500. The highest BCUT2D eigenvalue weighted by Crippen LogP contribution is 2.35. The molecule has 0 bridgehead atoms. The molecule has 1 aliphatic rings. The third kappa shape index (κ3) is 5.26. The van der Waals surface area contributed by atoms with Crippen LogP contribution < -0.4 is 0 Å². The van der Waals surface area contributed by atoms with E-state index >= 15 is 4.39 Å². The number of carbonyl (C=O) groups is 2. The van der Waals surface area contributed by atoms with Gasteiger partial charge in [-0.1, -0.05) is 48.5 Å². The van der Waals surface area contributed by atoms with Gasteiger partial charge in [0.2, 0.25) is 0 Å². The Morgan fingerprint density at radius 1 is 1.00 bits per heavy atom. The van der Waals surface area contributed by atoms with Gasteiger partial charge >= 0.3 is 18.1 Å². The van der Waals surface area contributed by atoms with Crippen LogP contribution in [0.3, 0.4) is 0 Å². The summed E-state index contributed by atoms with van der Waals surface area (Å²) in [4.78, 5) is 24.3. The maximum Gasteiger partial charge on any atom is 0.491 e. The molecule has 4 aromatic rings. The maximum atomic E-state index is 15.5. The number of aromatic hydroxyl groups is 1. The number of esters is 2. The van der Waals surface area contributed by atoms with Gasteiger partial charge in [0.15, 0.2) is 11.6 Å². The zero-order valence-corrected chi connectivity index (χ0v) is 19.8. The van der Waals surface area contributed by atoms with Crippen molar-refractivity contribution in [3.63, 3.8) is 0 Å². The Labute approximate surface area is 214 Å². The van der Waals surface area contributed by atoms with E-state index in [1.807, 2.05) is 17.0 Å². The highest BCUT2D eigenvalue weighted by molar-refractivity contribution is 5.90. The molecule has 3 aromatic carbocycles. The van der Waals surface area contributed by atoms with Gasteiger partial charge in [0.1, 0.15) is 11.3 Å². The Morgan fingerprint density at radius 2 is 1.71 bits per heavy atom. The summed E-state index contributed by atoms with van der Waals surface area (Å²) in [6.45, 7) is 0.728. The average molecular weight is 527 g/mol. The molecule has 0 spiro atoms. The van der Waals surface area contributed by atoms with Crippen LogP contribution in [0.15, 0.2) is 71.1 Å². The van der Waals surface area contributed by atoms with Crippen molar-refractivity contribution in [2.24, 2.45) is 5.92 Å². The van der Waals surface area contributed by atoms with Crippen molar-refractivity contribution in [3.8, 4) is 17.1 Å². The molecule has 1 fully saturated rings. The SMILES string of the molecule is O=C(OC(=O)C(F)(F)F)C1CN(Cc2ccc(-c3oc4cccc(Cc5cccc(O)c5)c4c3F)cc2)C1. The zero-order valence-electron chi connectivity index (χ0n) is 19.8. The summed E-state index contributed by atoms with van der Waals surface area (Å²) < 4.78 is 62.0. The average Bonchev–Trinajstić information content (AvgIpc) is 3.18. The second-order valence-electron chi connectivity index (χ2n) is 9.18. The van der Waals surface area contributed by atoms with Gasteiger partial charge in [-0.25, -0.2) is 9.18 Å². The van der Waals surface area contributed by atoms with E-state index in [0.29, 0.717) is 29.5 Å². The molecular formula is C28H21F4NO5. The molecule has 1 aliphatic heterocycles. The van der Waals surface area contributed by atoms with Gasteiger partial charge in [0.05, 0.1) is 11.3 Å². The number of benzene rings is 3. The molecule has 6 nitrogen and oxygen atoms in total. The number of rotatable bonds is 6. The summed E-state index contributed by atoms with van der Waals surface area (Å²) in [7, 11) is 0. The van der Waals surface area contributed by atoms with E-state index in [2.05, 4.69) is 4.74 Å². The summed E-state index contributed by atoms with van der Waals surface area (Å²) in [6.07, 6.45) is -4.80. The smallest absolute Gasteiger partial charge is 0.491 e. The lowest BCUT2D eigenvalue weighted by molar-refractivity contribution is -0.204. The molecule has 0 aliphatic carbocycles. The van der Waals surface area contributed by atoms with E-state index in [9.17, 15) is 27.9 Å². The Morgan fingerprint density at radius 3 is 2.39 bits per heavy atom. The minimum absolute atomic E-state index is 0.0935. The summed E-state index contributed by atoms with van der Waals surface area (Å²) in [5.74, 6) is -4.77. The van der Waals surface area contributed by atoms with Crippen LogP contribution in [0.25, 0.3) is 22.3 Å². The van der Waals surface area contributed by atoms with Gasteiger partial charge in [-0.3, -0.25) is 9.69 Å². The molecule has 0 atom stereocenters. The standard InChI is InChI=1S/C28H21F4NO5/c29-24-23-19(11-17-3-1-5-21(34)12-17)4-2-6-22(23)37-25(24)18-9-7-16(8-10-18)13-33-14-20(15-33)26(35)38-27(36)28(30,31)32/h1-10,12,20,34H,11,13-15H2. The number of likely N-dealkylation sites (tertiary alicyclic amines) is 1. The third-order valence-corrected chi connectivity index (χ3v) is 6.39. The van der Waals surface area contributed by atoms with Crippen LogP contribution in [0.1, 0.15) is 16.7 Å². The van der Waals surface area contributed by atoms with Gasteiger partial charge in [-0.15, -0.1) is 0 Å². The fraction of sp³-hybridized carbons (Fsp3) is 0.214. The van der Waals surface area contributed by atoms with Gasteiger partial charge in [-0.05, 0) is 41.3 Å². The highest BCUT2D eigenvalue weighted by atomic mass is 19.4. The van der Waals surface area contributed by atoms with Crippen LogP contribution in [0.2, 0.25) is 0 Å². The largest absolute Gasteiger partial charge is 0.508 e. The molecule has 196 valence electrons. The number of alkyl halides is 3. The molecule has 0 unspecified atom stereocenters. The first-order valence-electron chi connectivity index (χ1n) is 11.7. The summed E-state index contributed by atoms with van der Waals surface area (Å²) in [5, 5.41) is 10.1. The topological polar surface area (TPSA) is 80.0 Å². The zero-order chi connectivity index (χ0) is 27.0. The van der Waals surface area contributed by atoms with Crippen molar-refractivity contribution in [3.05, 3.63) is 89.2 Å². The van der Waals surface area contributed by atoms with Gasteiger partial charge in [0.25, 0.3) is 0 Å². The number of hydrogen-bond acceptors (Lipinski definition) is 6. The number of carbonyl (C=O) groups excluding carboxylic acids is 2. The van der Waals surface area contributed by atoms with Gasteiger partial charge in [0, 0.05) is 25.2 Å². The van der Waals surface area contributed by atoms with Crippen LogP contribution in [0.5, 0.6) is 5.75 Å². The minimum Gasteiger partial charge on any atom is -0.508 e. The van der Waals surface area contributed by atoms with Crippen LogP contribution in [0.4, 0.5) is 17.6 Å². The monoisotopic (exact) mass is 527 g/mol. The second kappa shape index (κ2) is 9.94. The van der Waals surface area contributed by atoms with E-state index in [0.717, 1.165) is 16.7 Å². The van der Waals surface area contributed by atoms with Crippen molar-refractivity contribution >= 4 is 22.9 Å². The summed E-state index contributed by atoms with van der Waals surface area (Å²) in [6, 6.07) is 19.0. The number of hydrogen-bond donors (Lipinski definition) is 1. The third-order valence-electron chi connectivity index (χ3n) is 6.39. The first-order valence-corrected chi connectivity index (χ1v) is 11.7. The number of nitrogens with zero attached hydrogens (tertiary/aromatic N) is 1. The number of halogens is 4. The first kappa shape index (κ1) is 25.5. The maximum absolute atomic E-state index is 15.5. The number of phenolic OH excluding ortho intramolecular Hbond substituents is 1. The van der Waals surface area contributed by atoms with Crippen molar-refractivity contribution in [1.82, 2.24) is 4.90 Å². The summed E-state index contributed by atoms with van der Waals surface area (Å²) in [5.41, 5.74) is 3.33. The lowest BCUT2D eigenvalue weighted by Gasteiger charge is -2.37. The molecule has 0 saturated carbocycles. The molecule has 5 rings (SSSR count). The lowest BCUT2D eigenvalue weighted by atomic mass is 9.99. The predicted molar refractivity (Wildman–Crippen MR) is 128 cm³/mol. The fourth-order valence-corrected chi connectivity index (χ4v) is 4.50. The number of fused-ring (bicyclic) bond motifs is 1. The quantitative estimate of drug-likeness (QED) is 0.200. The van der Waals surface area contributed by atoms with Gasteiger partial charge < -0.3 is 14.3 Å². The minimum atomic E-state index is -5.21. The molecule has 0 radical (unpaired) electrons. The Kier molecular flexibility index (Phi) is 6.66. The van der Waals surface area contributed by atoms with Gasteiger partial charge in [-0.2, -0.15) is 13.2 Å². The number of phenols is 1. The predicted octanol–water partition coefficient (Wildman–Crippen LogP) is 5.60. The van der Waals surface area contributed by atoms with Crippen molar-refractivity contribution in [2.75, 3.05) is 13.1 Å². The van der Waals surface area contributed by atoms with Crippen LogP contribution in [-0.2, 0) is 27.3 Å². The van der Waals surface area contributed by atoms with E-state index in [-0.39, 0.29) is 24.6 Å². The number of ether oxygens (including phenoxy) is 1. The lowest BCUT2D eigenvalue weighted by Crippen LogP contribution is -2.51. The van der Waals surface area contributed by atoms with Crippen molar-refractivity contribution < 1.29 is 41.4 Å². The molecule has 10 heteroatoms. The molecule has 1 saturated heterocycles. The van der Waals surface area contributed by atoms with Crippen LogP contribution in [0, 0.1) is 11.7 Å². The van der Waals surface area contributed by atoms with Crippen LogP contribution >= 0.6 is 0 Å². The van der Waals surface area contributed by atoms with Crippen molar-refractivity contribution in [2.45, 2.75) is 19.1 Å². The Balaban J connectivity index is 1.25. The first-order chi connectivity index (χ1) is 18.1. The van der Waals surface area contributed by atoms with E-state index in [4.69, 9.17) is 4.42 Å². The second-order valence-corrected chi connectivity index (χ2v) is 9.18. The van der Waals surface area contributed by atoms with E-state index in [1.54, 1.807) is 54.6 Å². The Hall–Kier alpha value is -4.18. The molecule has 38 heavy (non-hydrogen) atoms. The normalized spacial score (nSPS) is 14.4. The summed E-state index contributed by atoms with van der Waals surface area (Å²) >= 11 is 0. The van der Waals surface area contributed by atoms with E-state index in [1.165, 1.54) is 0 Å². The van der Waals surface area contributed by atoms with Crippen LogP contribution in [-0.4, -0.2) is 41.2 Å².